The highest BCUT2D eigenvalue weighted by molar-refractivity contribution is 5.98. The maximum atomic E-state index is 14.4. The van der Waals surface area contributed by atoms with Gasteiger partial charge in [-0.2, -0.15) is 13.2 Å². The molecule has 0 radical (unpaired) electrons. The maximum absolute atomic E-state index is 14.4. The fourth-order valence-electron chi connectivity index (χ4n) is 4.15. The summed E-state index contributed by atoms with van der Waals surface area (Å²) in [5.41, 5.74) is -4.21. The average molecular weight is 547 g/mol. The Balaban J connectivity index is 1.74. The highest BCUT2D eigenvalue weighted by Crippen LogP contribution is 2.33. The van der Waals surface area contributed by atoms with Crippen LogP contribution in [0.3, 0.4) is 0 Å². The minimum Gasteiger partial charge on any atom is -0.480 e. The molecule has 202 valence electrons. The van der Waals surface area contributed by atoms with Gasteiger partial charge in [0.1, 0.15) is 17.4 Å². The van der Waals surface area contributed by atoms with E-state index in [1.165, 1.54) is 48.1 Å². The zero-order valence-corrected chi connectivity index (χ0v) is 19.9. The van der Waals surface area contributed by atoms with Crippen molar-refractivity contribution >= 4 is 22.6 Å². The lowest BCUT2D eigenvalue weighted by molar-refractivity contribution is -0.140. The molecule has 4 rings (SSSR count). The second kappa shape index (κ2) is 10.2. The minimum atomic E-state index is -5.22. The van der Waals surface area contributed by atoms with Gasteiger partial charge in [0.15, 0.2) is 5.82 Å². The monoisotopic (exact) mass is 547 g/mol. The number of carboxylic acids is 1. The van der Waals surface area contributed by atoms with E-state index in [2.05, 4.69) is 0 Å². The number of aryl methyl sites for hydroxylation is 1. The molecule has 0 unspecified atom stereocenters. The first kappa shape index (κ1) is 27.2. The molecule has 0 spiro atoms. The van der Waals surface area contributed by atoms with Crippen LogP contribution in [-0.4, -0.2) is 32.2 Å². The van der Waals surface area contributed by atoms with Crippen LogP contribution in [0.25, 0.3) is 16.5 Å². The van der Waals surface area contributed by atoms with E-state index in [9.17, 15) is 46.2 Å². The molecule has 2 N–H and O–H groups in total. The molecule has 0 aliphatic heterocycles. The fraction of sp³-hybridized carbons (Fsp3) is 0.154. The summed E-state index contributed by atoms with van der Waals surface area (Å²) in [5, 5.41) is 12.3. The zero-order chi connectivity index (χ0) is 28.6. The summed E-state index contributed by atoms with van der Waals surface area (Å²) in [6.45, 7) is 0. The summed E-state index contributed by atoms with van der Waals surface area (Å²) in [5.74, 6) is -7.10. The molecule has 39 heavy (non-hydrogen) atoms. The molecule has 3 aromatic carbocycles. The van der Waals surface area contributed by atoms with Gasteiger partial charge in [0, 0.05) is 31.1 Å². The lowest BCUT2D eigenvalue weighted by atomic mass is 9.97. The van der Waals surface area contributed by atoms with E-state index in [0.717, 1.165) is 4.57 Å². The van der Waals surface area contributed by atoms with Gasteiger partial charge in [0.2, 0.25) is 0 Å². The Morgan fingerprint density at radius 3 is 2.31 bits per heavy atom. The van der Waals surface area contributed by atoms with Crippen molar-refractivity contribution in [2.45, 2.75) is 18.6 Å². The van der Waals surface area contributed by atoms with E-state index in [1.807, 2.05) is 5.32 Å². The number of carbonyl (C=O) groups excluding carboxylic acids is 1. The van der Waals surface area contributed by atoms with Gasteiger partial charge in [0.05, 0.1) is 11.3 Å². The van der Waals surface area contributed by atoms with Crippen molar-refractivity contribution in [3.63, 3.8) is 0 Å². The lowest BCUT2D eigenvalue weighted by Gasteiger charge is -2.18. The number of hydrogen-bond acceptors (Lipinski definition) is 4. The number of benzene rings is 3. The molecule has 8 nitrogen and oxygen atoms in total. The number of rotatable bonds is 6. The van der Waals surface area contributed by atoms with Crippen LogP contribution in [0.15, 0.2) is 70.4 Å². The Labute approximate surface area is 215 Å². The first-order valence-corrected chi connectivity index (χ1v) is 11.2. The molecule has 0 aliphatic carbocycles. The van der Waals surface area contributed by atoms with Crippen molar-refractivity contribution in [2.75, 3.05) is 0 Å². The van der Waals surface area contributed by atoms with Crippen molar-refractivity contribution in [2.24, 2.45) is 7.05 Å². The van der Waals surface area contributed by atoms with Crippen molar-refractivity contribution in [1.82, 2.24) is 14.5 Å². The van der Waals surface area contributed by atoms with Crippen LogP contribution in [0, 0.1) is 11.6 Å². The largest absolute Gasteiger partial charge is 0.480 e. The van der Waals surface area contributed by atoms with Crippen molar-refractivity contribution in [3.05, 3.63) is 110 Å². The molecule has 1 heterocycles. The fourth-order valence-corrected chi connectivity index (χ4v) is 4.15. The number of nitrogens with one attached hydrogen (secondary N) is 1. The minimum absolute atomic E-state index is 0.134. The Kier molecular flexibility index (Phi) is 7.09. The van der Waals surface area contributed by atoms with E-state index in [-0.39, 0.29) is 17.8 Å². The van der Waals surface area contributed by atoms with Crippen molar-refractivity contribution < 1.29 is 36.6 Å². The summed E-state index contributed by atoms with van der Waals surface area (Å²) < 4.78 is 69.9. The Morgan fingerprint density at radius 2 is 1.64 bits per heavy atom. The third-order valence-corrected chi connectivity index (χ3v) is 6.04. The summed E-state index contributed by atoms with van der Waals surface area (Å²) in [7, 11) is 1.45. The van der Waals surface area contributed by atoms with E-state index in [4.69, 9.17) is 0 Å². The summed E-state index contributed by atoms with van der Waals surface area (Å²) >= 11 is 0. The Bertz CT molecular complexity index is 1740. The third kappa shape index (κ3) is 5.15. The van der Waals surface area contributed by atoms with Gasteiger partial charge in [-0.05, 0) is 29.1 Å². The number of aliphatic carboxylic acids is 1. The molecular formula is C26H18F5N3O5. The number of hydrogen-bond donors (Lipinski definition) is 2. The average Bonchev–Trinajstić information content (AvgIpc) is 2.85. The maximum Gasteiger partial charge on any atom is 0.419 e. The van der Waals surface area contributed by atoms with Gasteiger partial charge in [-0.25, -0.2) is 22.9 Å². The van der Waals surface area contributed by atoms with Crippen molar-refractivity contribution in [3.8, 4) is 5.69 Å². The van der Waals surface area contributed by atoms with Crippen LogP contribution < -0.4 is 16.6 Å². The van der Waals surface area contributed by atoms with Gasteiger partial charge in [-0.1, -0.05) is 30.3 Å². The number of carboxylic acid groups (broad SMARTS) is 1. The number of nitrogens with zero attached hydrogens (tertiary/aromatic N) is 2. The zero-order valence-electron chi connectivity index (χ0n) is 19.9. The Morgan fingerprint density at radius 1 is 0.974 bits per heavy atom. The van der Waals surface area contributed by atoms with E-state index in [1.54, 1.807) is 12.1 Å². The number of fused-ring (bicyclic) bond motifs is 1. The molecule has 13 heteroatoms. The van der Waals surface area contributed by atoms with Gasteiger partial charge in [-0.15, -0.1) is 0 Å². The summed E-state index contributed by atoms with van der Waals surface area (Å²) in [6, 6.07) is 8.94. The van der Waals surface area contributed by atoms with E-state index >= 15 is 0 Å². The summed E-state index contributed by atoms with van der Waals surface area (Å²) in [4.78, 5) is 49.7. The standard InChI is InChI=1S/C26H18F5N3O5/c1-33-11-10-20(35)34(25(33)39)19-7-3-5-14-13(4-2-6-15(14)19)12-18(24(37)38)32-23(36)21-17(27)9-8-16(22(21)28)26(29,30)31/h2-11,18H,12H2,1H3,(H,32,36)(H,37,38)/t18-/m0/s1. The molecule has 1 amide bonds. The van der Waals surface area contributed by atoms with Crippen LogP contribution in [0.5, 0.6) is 0 Å². The molecule has 0 saturated carbocycles. The third-order valence-electron chi connectivity index (χ3n) is 6.04. The molecule has 0 aliphatic rings. The number of aromatic nitrogens is 2. The molecule has 0 bridgehead atoms. The van der Waals surface area contributed by atoms with E-state index < -0.39 is 64.5 Å². The van der Waals surface area contributed by atoms with Gasteiger partial charge < -0.3 is 15.0 Å². The predicted molar refractivity (Wildman–Crippen MR) is 129 cm³/mol. The highest BCUT2D eigenvalue weighted by Gasteiger charge is 2.37. The van der Waals surface area contributed by atoms with Crippen LogP contribution in [0.4, 0.5) is 22.0 Å². The van der Waals surface area contributed by atoms with Crippen LogP contribution in [-0.2, 0) is 24.4 Å². The predicted octanol–water partition coefficient (Wildman–Crippen LogP) is 3.41. The molecule has 4 aromatic rings. The highest BCUT2D eigenvalue weighted by atomic mass is 19.4. The normalized spacial score (nSPS) is 12.4. The second-order valence-corrected chi connectivity index (χ2v) is 8.52. The molecule has 1 aromatic heterocycles. The smallest absolute Gasteiger partial charge is 0.419 e. The summed E-state index contributed by atoms with van der Waals surface area (Å²) in [6.07, 6.45) is -4.37. The first-order chi connectivity index (χ1) is 18.3. The van der Waals surface area contributed by atoms with Crippen molar-refractivity contribution in [1.29, 1.82) is 0 Å². The van der Waals surface area contributed by atoms with Gasteiger partial charge in [-0.3, -0.25) is 9.59 Å². The first-order valence-electron chi connectivity index (χ1n) is 11.2. The Hall–Kier alpha value is -4.81. The SMILES string of the molecule is Cn1ccc(=O)n(-c2cccc3c(C[C@H](NC(=O)c4c(F)ccc(C(F)(F)F)c4F)C(=O)O)cccc23)c1=O. The molecular weight excluding hydrogens is 529 g/mol. The molecule has 1 atom stereocenters. The van der Waals surface area contributed by atoms with E-state index in [0.29, 0.717) is 16.3 Å². The second-order valence-electron chi connectivity index (χ2n) is 8.52. The topological polar surface area (TPSA) is 110 Å². The van der Waals surface area contributed by atoms with Crippen LogP contribution >= 0.6 is 0 Å². The van der Waals surface area contributed by atoms with Gasteiger partial charge >= 0.3 is 17.8 Å². The molecule has 0 saturated heterocycles. The quantitative estimate of drug-likeness (QED) is 0.360. The lowest BCUT2D eigenvalue weighted by Crippen LogP contribution is -2.43. The number of carbonyl (C=O) groups is 2. The van der Waals surface area contributed by atoms with Gasteiger partial charge in [0.25, 0.3) is 11.5 Å². The van der Waals surface area contributed by atoms with Crippen LogP contribution in [0.1, 0.15) is 21.5 Å². The number of alkyl halides is 3. The van der Waals surface area contributed by atoms with Crippen LogP contribution in [0.2, 0.25) is 0 Å². The number of halogens is 5. The molecule has 0 fully saturated rings. The number of amides is 1.